The van der Waals surface area contributed by atoms with Gasteiger partial charge in [-0.2, -0.15) is 0 Å². The molecule has 1 saturated heterocycles. The molecule has 2 fully saturated rings. The summed E-state index contributed by atoms with van der Waals surface area (Å²) >= 11 is 6.23. The van der Waals surface area contributed by atoms with E-state index in [-0.39, 0.29) is 6.04 Å². The predicted molar refractivity (Wildman–Crippen MR) is 83.7 cm³/mol. The first kappa shape index (κ1) is 15.1. The van der Waals surface area contributed by atoms with Crippen LogP contribution in [-0.4, -0.2) is 41.8 Å². The summed E-state index contributed by atoms with van der Waals surface area (Å²) in [4.78, 5) is 2.31. The third-order valence-corrected chi connectivity index (χ3v) is 4.48. The number of hydrogen-bond acceptors (Lipinski definition) is 4. The Hall–Kier alpha value is -0.810. The van der Waals surface area contributed by atoms with Crippen molar-refractivity contribution in [2.75, 3.05) is 19.6 Å². The highest BCUT2D eigenvalue weighted by molar-refractivity contribution is 6.32. The van der Waals surface area contributed by atoms with Crippen molar-refractivity contribution in [3.8, 4) is 5.75 Å². The first-order valence-electron chi connectivity index (χ1n) is 7.75. The molecule has 3 rings (SSSR count). The van der Waals surface area contributed by atoms with Gasteiger partial charge in [0, 0.05) is 12.6 Å². The van der Waals surface area contributed by atoms with Gasteiger partial charge in [0.1, 0.15) is 5.75 Å². The summed E-state index contributed by atoms with van der Waals surface area (Å²) in [5.74, 6) is 0.697. The summed E-state index contributed by atoms with van der Waals surface area (Å²) in [5, 5.41) is 11.0. The number of likely N-dealkylation sites (tertiary alicyclic amines) is 1. The Morgan fingerprint density at radius 1 is 1.33 bits per heavy atom. The predicted octanol–water partition coefficient (Wildman–Crippen LogP) is 2.34. The molecule has 1 aromatic rings. The molecule has 0 bridgehead atoms. The Morgan fingerprint density at radius 3 is 2.67 bits per heavy atom. The molecule has 116 valence electrons. The van der Waals surface area contributed by atoms with Gasteiger partial charge in [0.25, 0.3) is 0 Å². The van der Waals surface area contributed by atoms with Crippen molar-refractivity contribution >= 4 is 11.6 Å². The normalized spacial score (nSPS) is 22.2. The Kier molecular flexibility index (Phi) is 4.69. The minimum Gasteiger partial charge on any atom is -0.489 e. The molecule has 21 heavy (non-hydrogen) atoms. The van der Waals surface area contributed by atoms with E-state index in [0.717, 1.165) is 38.0 Å². The lowest BCUT2D eigenvalue weighted by atomic mass is 10.0. The van der Waals surface area contributed by atoms with Gasteiger partial charge in [0.05, 0.1) is 17.2 Å². The lowest BCUT2D eigenvalue weighted by Crippen LogP contribution is -2.40. The summed E-state index contributed by atoms with van der Waals surface area (Å²) in [6.45, 7) is 2.88. The molecule has 0 radical (unpaired) electrons. The van der Waals surface area contributed by atoms with E-state index in [9.17, 15) is 5.11 Å². The van der Waals surface area contributed by atoms with E-state index in [1.165, 1.54) is 12.8 Å². The molecule has 5 heteroatoms. The van der Waals surface area contributed by atoms with Crippen LogP contribution in [0.3, 0.4) is 0 Å². The minimum atomic E-state index is -0.696. The van der Waals surface area contributed by atoms with E-state index < -0.39 is 6.10 Å². The van der Waals surface area contributed by atoms with Gasteiger partial charge in [0.2, 0.25) is 0 Å². The van der Waals surface area contributed by atoms with Crippen molar-refractivity contribution in [3.05, 3.63) is 28.8 Å². The molecule has 1 aliphatic heterocycles. The SMILES string of the molecule is NC(CN1CCCC1)C(O)c1ccc(OC2CC2)c(Cl)c1. The van der Waals surface area contributed by atoms with Crippen LogP contribution in [-0.2, 0) is 0 Å². The lowest BCUT2D eigenvalue weighted by Gasteiger charge is -2.24. The van der Waals surface area contributed by atoms with Crippen LogP contribution in [0.5, 0.6) is 5.75 Å². The van der Waals surface area contributed by atoms with Crippen molar-refractivity contribution in [1.29, 1.82) is 0 Å². The molecule has 1 saturated carbocycles. The van der Waals surface area contributed by atoms with Gasteiger partial charge in [-0.1, -0.05) is 17.7 Å². The second kappa shape index (κ2) is 6.53. The number of nitrogens with two attached hydrogens (primary N) is 1. The number of hydrogen-bond donors (Lipinski definition) is 2. The molecule has 2 unspecified atom stereocenters. The number of aliphatic hydroxyl groups is 1. The average molecular weight is 311 g/mol. The van der Waals surface area contributed by atoms with Crippen molar-refractivity contribution < 1.29 is 9.84 Å². The second-order valence-corrected chi connectivity index (χ2v) is 6.53. The molecule has 0 spiro atoms. The van der Waals surface area contributed by atoms with E-state index in [1.54, 1.807) is 6.07 Å². The molecule has 1 heterocycles. The van der Waals surface area contributed by atoms with Gasteiger partial charge in [-0.05, 0) is 56.5 Å². The summed E-state index contributed by atoms with van der Waals surface area (Å²) in [7, 11) is 0. The largest absolute Gasteiger partial charge is 0.489 e. The maximum atomic E-state index is 10.4. The molecule has 3 N–H and O–H groups in total. The summed E-state index contributed by atoms with van der Waals surface area (Å²) < 4.78 is 5.71. The number of halogens is 1. The van der Waals surface area contributed by atoms with Crippen molar-refractivity contribution in [3.63, 3.8) is 0 Å². The molecular weight excluding hydrogens is 288 g/mol. The zero-order chi connectivity index (χ0) is 14.8. The number of ether oxygens (including phenoxy) is 1. The van der Waals surface area contributed by atoms with Crippen molar-refractivity contribution in [2.45, 2.75) is 43.9 Å². The summed E-state index contributed by atoms with van der Waals surface area (Å²) in [6, 6.07) is 5.17. The number of benzene rings is 1. The maximum absolute atomic E-state index is 10.4. The zero-order valence-electron chi connectivity index (χ0n) is 12.2. The molecule has 0 amide bonds. The lowest BCUT2D eigenvalue weighted by molar-refractivity contribution is 0.125. The zero-order valence-corrected chi connectivity index (χ0v) is 12.9. The van der Waals surface area contributed by atoms with Gasteiger partial charge >= 0.3 is 0 Å². The summed E-state index contributed by atoms with van der Waals surface area (Å²) in [5.41, 5.74) is 6.90. The van der Waals surface area contributed by atoms with E-state index in [1.807, 2.05) is 12.1 Å². The van der Waals surface area contributed by atoms with E-state index in [0.29, 0.717) is 16.9 Å². The highest BCUT2D eigenvalue weighted by Gasteiger charge is 2.26. The van der Waals surface area contributed by atoms with E-state index >= 15 is 0 Å². The van der Waals surface area contributed by atoms with Crippen LogP contribution in [0.25, 0.3) is 0 Å². The summed E-state index contributed by atoms with van der Waals surface area (Å²) in [6.07, 6.45) is 4.26. The minimum absolute atomic E-state index is 0.297. The van der Waals surface area contributed by atoms with Gasteiger partial charge in [0.15, 0.2) is 0 Å². The fourth-order valence-corrected chi connectivity index (χ4v) is 3.01. The molecule has 2 aliphatic rings. The van der Waals surface area contributed by atoms with Crippen LogP contribution in [0.15, 0.2) is 18.2 Å². The third-order valence-electron chi connectivity index (χ3n) is 4.19. The molecule has 2 atom stereocenters. The molecule has 0 aromatic heterocycles. The van der Waals surface area contributed by atoms with Gasteiger partial charge in [-0.3, -0.25) is 0 Å². The highest BCUT2D eigenvalue weighted by atomic mass is 35.5. The number of nitrogens with zero attached hydrogens (tertiary/aromatic N) is 1. The topological polar surface area (TPSA) is 58.7 Å². The van der Waals surface area contributed by atoms with Gasteiger partial charge in [-0.25, -0.2) is 0 Å². The van der Waals surface area contributed by atoms with Crippen LogP contribution in [0.1, 0.15) is 37.4 Å². The Labute approximate surface area is 130 Å². The standard InChI is InChI=1S/C16H23ClN2O2/c17-13-9-11(3-6-15(13)21-12-4-5-12)16(20)14(18)10-19-7-1-2-8-19/h3,6,9,12,14,16,20H,1-2,4-5,7-8,10,18H2. The monoisotopic (exact) mass is 310 g/mol. The molecular formula is C16H23ClN2O2. The van der Waals surface area contributed by atoms with Gasteiger partial charge in [-0.15, -0.1) is 0 Å². The number of rotatable bonds is 6. The quantitative estimate of drug-likeness (QED) is 0.847. The van der Waals surface area contributed by atoms with Crippen LogP contribution in [0.2, 0.25) is 5.02 Å². The van der Waals surface area contributed by atoms with Crippen LogP contribution < -0.4 is 10.5 Å². The van der Waals surface area contributed by atoms with Crippen molar-refractivity contribution in [2.24, 2.45) is 5.73 Å². The molecule has 1 aliphatic carbocycles. The molecule has 4 nitrogen and oxygen atoms in total. The second-order valence-electron chi connectivity index (χ2n) is 6.12. The first-order valence-corrected chi connectivity index (χ1v) is 8.13. The molecule has 1 aromatic carbocycles. The van der Waals surface area contributed by atoms with Gasteiger partial charge < -0.3 is 20.5 Å². The van der Waals surface area contributed by atoms with Crippen LogP contribution in [0.4, 0.5) is 0 Å². The Balaban J connectivity index is 1.62. The third kappa shape index (κ3) is 3.89. The van der Waals surface area contributed by atoms with E-state index in [4.69, 9.17) is 22.1 Å². The smallest absolute Gasteiger partial charge is 0.138 e. The number of aliphatic hydroxyl groups excluding tert-OH is 1. The van der Waals surface area contributed by atoms with Crippen LogP contribution >= 0.6 is 11.6 Å². The highest BCUT2D eigenvalue weighted by Crippen LogP contribution is 2.33. The maximum Gasteiger partial charge on any atom is 0.138 e. The van der Waals surface area contributed by atoms with Crippen LogP contribution in [0, 0.1) is 0 Å². The first-order chi connectivity index (χ1) is 10.1. The Morgan fingerprint density at radius 2 is 2.05 bits per heavy atom. The average Bonchev–Trinajstić information content (AvgIpc) is 3.14. The Bertz CT molecular complexity index is 487. The fourth-order valence-electron chi connectivity index (χ4n) is 2.77. The van der Waals surface area contributed by atoms with E-state index in [2.05, 4.69) is 4.90 Å². The fraction of sp³-hybridized carbons (Fsp3) is 0.625. The van der Waals surface area contributed by atoms with Crippen molar-refractivity contribution in [1.82, 2.24) is 4.90 Å².